The molecular weight excluding hydrogens is 344 g/mol. The maximum Gasteiger partial charge on any atom is 0.324 e. The van der Waals surface area contributed by atoms with Gasteiger partial charge in [0.1, 0.15) is 6.10 Å². The van der Waals surface area contributed by atoms with Gasteiger partial charge in [0.2, 0.25) is 0 Å². The number of ether oxygens (including phenoxy) is 2. The lowest BCUT2D eigenvalue weighted by molar-refractivity contribution is -0.169. The van der Waals surface area contributed by atoms with Gasteiger partial charge in [-0.2, -0.15) is 0 Å². The molecule has 0 fully saturated rings. The van der Waals surface area contributed by atoms with Crippen molar-refractivity contribution in [3.63, 3.8) is 0 Å². The largest absolute Gasteiger partial charge is 0.468 e. The van der Waals surface area contributed by atoms with Gasteiger partial charge < -0.3 is 14.6 Å². The smallest absolute Gasteiger partial charge is 0.324 e. The Morgan fingerprint density at radius 2 is 1.78 bits per heavy atom. The molecule has 0 aromatic heterocycles. The number of unbranched alkanes of at least 4 members (excludes halogenated alkanes) is 3. The van der Waals surface area contributed by atoms with Gasteiger partial charge in [-0.25, -0.2) is 0 Å². The molecule has 0 bridgehead atoms. The van der Waals surface area contributed by atoms with Crippen molar-refractivity contribution in [1.82, 2.24) is 0 Å². The molecule has 5 nitrogen and oxygen atoms in total. The molecule has 1 atom stereocenters. The molecule has 0 heterocycles. The predicted octanol–water partition coefficient (Wildman–Crippen LogP) is 3.96. The minimum atomic E-state index is -1.49. The van der Waals surface area contributed by atoms with E-state index in [0.717, 1.165) is 32.1 Å². The van der Waals surface area contributed by atoms with Crippen LogP contribution in [0.5, 0.6) is 0 Å². The van der Waals surface area contributed by atoms with Crippen LogP contribution in [0.3, 0.4) is 0 Å². The summed E-state index contributed by atoms with van der Waals surface area (Å²) in [5, 5.41) is 10.0. The molecule has 0 saturated heterocycles. The van der Waals surface area contributed by atoms with E-state index in [1.54, 1.807) is 6.08 Å². The third-order valence-electron chi connectivity index (χ3n) is 4.34. The van der Waals surface area contributed by atoms with E-state index in [9.17, 15) is 14.7 Å². The van der Waals surface area contributed by atoms with E-state index in [2.05, 4.69) is 37.5 Å². The maximum absolute atomic E-state index is 12.2. The van der Waals surface area contributed by atoms with Crippen molar-refractivity contribution in [3.05, 3.63) is 24.8 Å². The molecule has 152 valence electrons. The third kappa shape index (κ3) is 9.44. The number of carbonyl (C=O) groups excluding carboxylic acids is 2. The summed E-state index contributed by atoms with van der Waals surface area (Å²) in [4.78, 5) is 24.5. The van der Waals surface area contributed by atoms with Crippen molar-refractivity contribution in [3.8, 4) is 11.8 Å². The number of methoxy groups -OCH3 is 2. The van der Waals surface area contributed by atoms with Gasteiger partial charge >= 0.3 is 11.9 Å². The molecule has 1 N–H and O–H groups in total. The van der Waals surface area contributed by atoms with Gasteiger partial charge in [-0.05, 0) is 44.9 Å². The first-order valence-corrected chi connectivity index (χ1v) is 9.57. The fourth-order valence-corrected chi connectivity index (χ4v) is 2.71. The second kappa shape index (κ2) is 15.0. The first kappa shape index (κ1) is 24.9. The minimum absolute atomic E-state index is 0.0565. The lowest BCUT2D eigenvalue weighted by Crippen LogP contribution is -2.41. The molecule has 0 saturated carbocycles. The first-order valence-electron chi connectivity index (χ1n) is 9.57. The van der Waals surface area contributed by atoms with Gasteiger partial charge in [-0.1, -0.05) is 43.4 Å². The van der Waals surface area contributed by atoms with Crippen LogP contribution >= 0.6 is 0 Å². The zero-order chi connectivity index (χ0) is 20.5. The Kier molecular flexibility index (Phi) is 13.9. The van der Waals surface area contributed by atoms with Crippen LogP contribution in [-0.4, -0.2) is 37.4 Å². The van der Waals surface area contributed by atoms with Crippen molar-refractivity contribution in [2.75, 3.05) is 14.2 Å². The van der Waals surface area contributed by atoms with Crippen LogP contribution in [-0.2, 0) is 19.1 Å². The van der Waals surface area contributed by atoms with E-state index in [0.29, 0.717) is 12.8 Å². The van der Waals surface area contributed by atoms with Crippen molar-refractivity contribution < 1.29 is 24.2 Å². The quantitative estimate of drug-likeness (QED) is 0.173. The highest BCUT2D eigenvalue weighted by molar-refractivity contribution is 6.00. The number of hydrogen-bond donors (Lipinski definition) is 1. The fourth-order valence-electron chi connectivity index (χ4n) is 2.71. The Balaban J connectivity index is 4.73. The van der Waals surface area contributed by atoms with E-state index in [1.165, 1.54) is 14.2 Å². The molecule has 0 aliphatic heterocycles. The number of rotatable bonds is 13. The van der Waals surface area contributed by atoms with Crippen molar-refractivity contribution in [1.29, 1.82) is 0 Å². The van der Waals surface area contributed by atoms with Crippen molar-refractivity contribution >= 4 is 11.9 Å². The summed E-state index contributed by atoms with van der Waals surface area (Å²) in [5.74, 6) is 4.16. The number of esters is 2. The highest BCUT2D eigenvalue weighted by Crippen LogP contribution is 2.31. The molecule has 0 aromatic carbocycles. The van der Waals surface area contributed by atoms with Crippen molar-refractivity contribution in [2.24, 2.45) is 5.41 Å². The SMILES string of the molecule is C=CCCC(CC#CC(O)CCCCC/C=C\CC)(C(=O)OC)C(=O)OC. The second-order valence-electron chi connectivity index (χ2n) is 6.42. The van der Waals surface area contributed by atoms with Gasteiger partial charge in [-0.15, -0.1) is 6.58 Å². The molecule has 1 unspecified atom stereocenters. The maximum atomic E-state index is 12.2. The lowest BCUT2D eigenvalue weighted by atomic mass is 9.80. The summed E-state index contributed by atoms with van der Waals surface area (Å²) < 4.78 is 9.61. The molecule has 5 heteroatoms. The van der Waals surface area contributed by atoms with E-state index in [4.69, 9.17) is 9.47 Å². The predicted molar refractivity (Wildman–Crippen MR) is 107 cm³/mol. The Labute approximate surface area is 163 Å². The first-order chi connectivity index (χ1) is 13.0. The van der Waals surface area contributed by atoms with Gasteiger partial charge in [0.05, 0.1) is 14.2 Å². The monoisotopic (exact) mass is 378 g/mol. The molecular formula is C22H34O5. The molecule has 0 aromatic rings. The van der Waals surface area contributed by atoms with E-state index < -0.39 is 23.5 Å². The average Bonchev–Trinajstić information content (AvgIpc) is 2.68. The summed E-state index contributed by atoms with van der Waals surface area (Å²) in [7, 11) is 2.46. The number of allylic oxidation sites excluding steroid dienone is 3. The second-order valence-corrected chi connectivity index (χ2v) is 6.42. The van der Waals surface area contributed by atoms with E-state index in [-0.39, 0.29) is 12.8 Å². The zero-order valence-electron chi connectivity index (χ0n) is 17.0. The van der Waals surface area contributed by atoms with Crippen LogP contribution in [0.25, 0.3) is 0 Å². The Morgan fingerprint density at radius 1 is 1.11 bits per heavy atom. The zero-order valence-corrected chi connectivity index (χ0v) is 17.0. The summed E-state index contributed by atoms with van der Waals surface area (Å²) in [6.07, 6.45) is 11.5. The highest BCUT2D eigenvalue weighted by Gasteiger charge is 2.47. The number of aliphatic hydroxyl groups is 1. The number of hydrogen-bond acceptors (Lipinski definition) is 5. The molecule has 0 aliphatic rings. The van der Waals surface area contributed by atoms with Gasteiger partial charge in [-0.3, -0.25) is 9.59 Å². The Bertz CT molecular complexity index is 523. The lowest BCUT2D eigenvalue weighted by Gasteiger charge is -2.25. The molecule has 0 aliphatic carbocycles. The Hall–Kier alpha value is -2.06. The molecule has 0 rings (SSSR count). The third-order valence-corrected chi connectivity index (χ3v) is 4.34. The molecule has 0 amide bonds. The van der Waals surface area contributed by atoms with Crippen LogP contribution in [0, 0.1) is 17.3 Å². The number of aliphatic hydroxyl groups excluding tert-OH is 1. The summed E-state index contributed by atoms with van der Waals surface area (Å²) in [6, 6.07) is 0. The van der Waals surface area contributed by atoms with Crippen LogP contribution < -0.4 is 0 Å². The Morgan fingerprint density at radius 3 is 2.33 bits per heavy atom. The summed E-state index contributed by atoms with van der Waals surface area (Å²) in [6.45, 7) is 5.73. The summed E-state index contributed by atoms with van der Waals surface area (Å²) >= 11 is 0. The van der Waals surface area contributed by atoms with Crippen LogP contribution in [0.4, 0.5) is 0 Å². The van der Waals surface area contributed by atoms with E-state index in [1.807, 2.05) is 0 Å². The van der Waals surface area contributed by atoms with Gasteiger partial charge in [0.25, 0.3) is 0 Å². The summed E-state index contributed by atoms with van der Waals surface area (Å²) in [5.41, 5.74) is -1.49. The molecule has 27 heavy (non-hydrogen) atoms. The highest BCUT2D eigenvalue weighted by atomic mass is 16.5. The van der Waals surface area contributed by atoms with Gasteiger partial charge in [0.15, 0.2) is 5.41 Å². The van der Waals surface area contributed by atoms with Crippen LogP contribution in [0.2, 0.25) is 0 Å². The van der Waals surface area contributed by atoms with Crippen LogP contribution in [0.1, 0.15) is 64.7 Å². The molecule has 0 spiro atoms. The fraction of sp³-hybridized carbons (Fsp3) is 0.636. The topological polar surface area (TPSA) is 72.8 Å². The standard InChI is InChI=1S/C22H34O5/c1-5-7-9-10-11-12-13-15-19(23)16-14-18-22(17-8-6-2,20(24)26-3)21(25)27-4/h6-7,9,19,23H,2,5,8,10-13,15,17-18H2,1,3-4H3/b9-7-. The number of carbonyl (C=O) groups is 2. The van der Waals surface area contributed by atoms with Gasteiger partial charge in [0, 0.05) is 6.42 Å². The molecule has 0 radical (unpaired) electrons. The van der Waals surface area contributed by atoms with Crippen molar-refractivity contribution in [2.45, 2.75) is 70.8 Å². The minimum Gasteiger partial charge on any atom is -0.468 e. The van der Waals surface area contributed by atoms with E-state index >= 15 is 0 Å². The van der Waals surface area contributed by atoms with Crippen LogP contribution in [0.15, 0.2) is 24.8 Å². The average molecular weight is 379 g/mol. The normalized spacial score (nSPS) is 12.1.